The van der Waals surface area contributed by atoms with Gasteiger partial charge < -0.3 is 24.9 Å². The molecule has 0 saturated carbocycles. The zero-order valence-electron chi connectivity index (χ0n) is 11.9. The predicted octanol–water partition coefficient (Wildman–Crippen LogP) is 0.341. The largest absolute Gasteiger partial charge is 0.481 e. The lowest BCUT2D eigenvalue weighted by Crippen LogP contribution is -2.57. The van der Waals surface area contributed by atoms with Crippen LogP contribution in [-0.2, 0) is 23.5 Å². The van der Waals surface area contributed by atoms with E-state index in [1.165, 1.54) is 6.08 Å². The Bertz CT molecular complexity index is 545. The van der Waals surface area contributed by atoms with Crippen LogP contribution >= 0.6 is 7.60 Å². The number of carbonyl (C=O) groups is 3. The summed E-state index contributed by atoms with van der Waals surface area (Å²) >= 11 is 0. The van der Waals surface area contributed by atoms with Gasteiger partial charge in [-0.3, -0.25) is 18.9 Å². The second kappa shape index (κ2) is 7.04. The molecular formula is C12H18NO8P. The van der Waals surface area contributed by atoms with Crippen LogP contribution in [0.3, 0.4) is 0 Å². The molecule has 0 aliphatic heterocycles. The van der Waals surface area contributed by atoms with E-state index in [4.69, 9.17) is 5.11 Å². The highest BCUT2D eigenvalue weighted by molar-refractivity contribution is 7.56. The molecule has 0 aromatic heterocycles. The van der Waals surface area contributed by atoms with Crippen LogP contribution < -0.4 is 5.32 Å². The van der Waals surface area contributed by atoms with Crippen molar-refractivity contribution < 1.29 is 38.6 Å². The number of nitrogens with one attached hydrogen (secondary N) is 1. The summed E-state index contributed by atoms with van der Waals surface area (Å²) < 4.78 is 16.7. The molecule has 1 amide bonds. The predicted molar refractivity (Wildman–Crippen MR) is 74.4 cm³/mol. The van der Waals surface area contributed by atoms with Gasteiger partial charge in [0.05, 0.1) is 12.5 Å². The molecule has 0 aromatic carbocycles. The van der Waals surface area contributed by atoms with E-state index in [0.29, 0.717) is 0 Å². The fourth-order valence-electron chi connectivity index (χ4n) is 2.32. The smallest absolute Gasteiger partial charge is 0.347 e. The first kappa shape index (κ1) is 18.3. The second-order valence-electron chi connectivity index (χ2n) is 4.84. The summed E-state index contributed by atoms with van der Waals surface area (Å²) in [4.78, 5) is 43.8. The molecule has 4 N–H and O–H groups in total. The first-order valence-electron chi connectivity index (χ1n) is 6.47. The SMILES string of the molecule is COP(=O)(O)[C@]1(C(=O)O)CCC=C[C@H]1NC(=O)CCC(=O)O. The van der Waals surface area contributed by atoms with E-state index in [1.807, 2.05) is 0 Å². The summed E-state index contributed by atoms with van der Waals surface area (Å²) in [6, 6.07) is -1.27. The van der Waals surface area contributed by atoms with Crippen molar-refractivity contribution in [1.82, 2.24) is 5.32 Å². The maximum atomic E-state index is 12.2. The number of allylic oxidation sites excluding steroid dienone is 1. The van der Waals surface area contributed by atoms with Crippen molar-refractivity contribution in [2.45, 2.75) is 36.9 Å². The van der Waals surface area contributed by atoms with Gasteiger partial charge in [0.25, 0.3) is 0 Å². The Morgan fingerprint density at radius 1 is 1.36 bits per heavy atom. The van der Waals surface area contributed by atoms with Gasteiger partial charge in [-0.2, -0.15) is 0 Å². The average Bonchev–Trinajstić information content (AvgIpc) is 2.45. The van der Waals surface area contributed by atoms with Gasteiger partial charge in [0.15, 0.2) is 5.16 Å². The van der Waals surface area contributed by atoms with Crippen molar-refractivity contribution >= 4 is 25.4 Å². The Balaban J connectivity index is 3.07. The number of carboxylic acids is 2. The zero-order chi connectivity index (χ0) is 17.0. The minimum absolute atomic E-state index is 0.190. The van der Waals surface area contributed by atoms with Gasteiger partial charge in [0, 0.05) is 13.5 Å². The third-order valence-corrected chi connectivity index (χ3v) is 5.74. The van der Waals surface area contributed by atoms with E-state index in [0.717, 1.165) is 7.11 Å². The van der Waals surface area contributed by atoms with E-state index in [1.54, 1.807) is 6.08 Å². The van der Waals surface area contributed by atoms with Crippen molar-refractivity contribution in [3.63, 3.8) is 0 Å². The molecule has 9 nitrogen and oxygen atoms in total. The quantitative estimate of drug-likeness (QED) is 0.384. The highest BCUT2D eigenvalue weighted by Gasteiger charge is 2.60. The van der Waals surface area contributed by atoms with Crippen LogP contribution in [0, 0.1) is 0 Å². The molecule has 0 heterocycles. The van der Waals surface area contributed by atoms with Crippen LogP contribution in [0.25, 0.3) is 0 Å². The van der Waals surface area contributed by atoms with Crippen LogP contribution in [0.1, 0.15) is 25.7 Å². The topological polar surface area (TPSA) is 150 Å². The molecule has 1 unspecified atom stereocenters. The van der Waals surface area contributed by atoms with Crippen LogP contribution in [0.4, 0.5) is 0 Å². The van der Waals surface area contributed by atoms with Gasteiger partial charge in [0.1, 0.15) is 0 Å². The fraction of sp³-hybridized carbons (Fsp3) is 0.583. The molecule has 3 atom stereocenters. The summed E-state index contributed by atoms with van der Waals surface area (Å²) in [5.41, 5.74) is 0. The zero-order valence-corrected chi connectivity index (χ0v) is 12.8. The maximum Gasteiger partial charge on any atom is 0.347 e. The molecule has 0 fully saturated rings. The first-order valence-corrected chi connectivity index (χ1v) is 8.05. The third-order valence-electron chi connectivity index (χ3n) is 3.54. The monoisotopic (exact) mass is 335 g/mol. The number of amides is 1. The summed E-state index contributed by atoms with van der Waals surface area (Å²) in [7, 11) is -3.64. The number of hydrogen-bond donors (Lipinski definition) is 4. The van der Waals surface area contributed by atoms with Gasteiger partial charge >= 0.3 is 19.5 Å². The number of hydrogen-bond acceptors (Lipinski definition) is 5. The molecule has 0 bridgehead atoms. The van der Waals surface area contributed by atoms with E-state index in [2.05, 4.69) is 9.84 Å². The minimum atomic E-state index is -4.57. The summed E-state index contributed by atoms with van der Waals surface area (Å²) in [5.74, 6) is -3.46. The van der Waals surface area contributed by atoms with E-state index in [9.17, 15) is 28.9 Å². The number of rotatable bonds is 7. The lowest BCUT2D eigenvalue weighted by molar-refractivity contribution is -0.142. The first-order chi connectivity index (χ1) is 10.2. The van der Waals surface area contributed by atoms with E-state index < -0.39 is 43.1 Å². The molecule has 1 rings (SSSR count). The van der Waals surface area contributed by atoms with E-state index in [-0.39, 0.29) is 19.3 Å². The molecule has 22 heavy (non-hydrogen) atoms. The Labute approximate surface area is 126 Å². The van der Waals surface area contributed by atoms with Gasteiger partial charge in [0.2, 0.25) is 5.91 Å². The third kappa shape index (κ3) is 3.55. The molecule has 0 saturated heterocycles. The standard InChI is InChI=1S/C12H18NO8P/c1-21-22(19,20)12(11(17)18)7-3-2-4-8(12)13-9(14)5-6-10(15)16/h2,4,8H,3,5-7H2,1H3,(H,13,14)(H,15,16)(H,17,18)(H,19,20)/t8-,12-/m1/s1. The summed E-state index contributed by atoms with van der Waals surface area (Å²) in [5, 5.41) is 18.1. The maximum absolute atomic E-state index is 12.2. The van der Waals surface area contributed by atoms with Gasteiger partial charge in [-0.15, -0.1) is 0 Å². The Kier molecular flexibility index (Phi) is 5.87. The molecule has 0 spiro atoms. The van der Waals surface area contributed by atoms with Crippen LogP contribution in [-0.4, -0.2) is 51.3 Å². The van der Waals surface area contributed by atoms with Crippen molar-refractivity contribution in [2.24, 2.45) is 0 Å². The van der Waals surface area contributed by atoms with Gasteiger partial charge in [-0.25, -0.2) is 0 Å². The molecule has 1 aliphatic carbocycles. The molecule has 1 aliphatic rings. The van der Waals surface area contributed by atoms with Crippen LogP contribution in [0.2, 0.25) is 0 Å². The highest BCUT2D eigenvalue weighted by atomic mass is 31.2. The molecule has 0 radical (unpaired) electrons. The summed E-state index contributed by atoms with van der Waals surface area (Å²) in [6.07, 6.45) is 2.16. The minimum Gasteiger partial charge on any atom is -0.481 e. The van der Waals surface area contributed by atoms with Gasteiger partial charge in [-0.05, 0) is 12.8 Å². The Morgan fingerprint density at radius 2 is 2.00 bits per heavy atom. The number of carboxylic acid groups (broad SMARTS) is 2. The lowest BCUT2D eigenvalue weighted by atomic mass is 9.88. The Hall–Kier alpha value is -1.70. The van der Waals surface area contributed by atoms with Gasteiger partial charge in [-0.1, -0.05) is 12.2 Å². The Morgan fingerprint density at radius 3 is 2.50 bits per heavy atom. The highest BCUT2D eigenvalue weighted by Crippen LogP contribution is 2.60. The normalized spacial score (nSPS) is 26.9. The number of aliphatic carboxylic acids is 2. The molecule has 0 aromatic rings. The molecular weight excluding hydrogens is 317 g/mol. The second-order valence-corrected chi connectivity index (χ2v) is 7.04. The van der Waals surface area contributed by atoms with Crippen molar-refractivity contribution in [3.05, 3.63) is 12.2 Å². The lowest BCUT2D eigenvalue weighted by Gasteiger charge is -2.39. The van der Waals surface area contributed by atoms with Crippen LogP contribution in [0.5, 0.6) is 0 Å². The van der Waals surface area contributed by atoms with Crippen LogP contribution in [0.15, 0.2) is 12.2 Å². The van der Waals surface area contributed by atoms with E-state index >= 15 is 0 Å². The van der Waals surface area contributed by atoms with Crippen molar-refractivity contribution in [2.75, 3.05) is 7.11 Å². The van der Waals surface area contributed by atoms with Crippen molar-refractivity contribution in [1.29, 1.82) is 0 Å². The molecule has 10 heteroatoms. The number of carbonyl (C=O) groups excluding carboxylic acids is 1. The van der Waals surface area contributed by atoms with Crippen molar-refractivity contribution in [3.8, 4) is 0 Å². The molecule has 124 valence electrons. The summed E-state index contributed by atoms with van der Waals surface area (Å²) in [6.45, 7) is 0. The average molecular weight is 335 g/mol. The fourth-order valence-corrected chi connectivity index (χ4v) is 3.81.